The van der Waals surface area contributed by atoms with E-state index in [1.807, 2.05) is 24.3 Å². The van der Waals surface area contributed by atoms with E-state index in [1.54, 1.807) is 18.3 Å². The Morgan fingerprint density at radius 1 is 1.18 bits per heavy atom. The van der Waals surface area contributed by atoms with E-state index in [9.17, 15) is 4.79 Å². The first-order valence-corrected chi connectivity index (χ1v) is 10.6. The van der Waals surface area contributed by atoms with E-state index in [1.165, 1.54) is 0 Å². The Morgan fingerprint density at radius 2 is 1.96 bits per heavy atom. The van der Waals surface area contributed by atoms with E-state index in [0.717, 1.165) is 50.2 Å². The van der Waals surface area contributed by atoms with Crippen molar-refractivity contribution in [1.82, 2.24) is 20.1 Å². The van der Waals surface area contributed by atoms with Crippen LogP contribution in [0.25, 0.3) is 0 Å². The maximum atomic E-state index is 12.3. The molecule has 28 heavy (non-hydrogen) atoms. The number of carbonyl (C=O) groups is 1. The van der Waals surface area contributed by atoms with Crippen LogP contribution in [0, 0.1) is 0 Å². The third kappa shape index (κ3) is 6.29. The highest BCUT2D eigenvalue weighted by atomic mass is 79.9. The third-order valence-corrected chi connectivity index (χ3v) is 5.36. The highest BCUT2D eigenvalue weighted by molar-refractivity contribution is 9.10. The van der Waals surface area contributed by atoms with Gasteiger partial charge in [0.15, 0.2) is 0 Å². The number of amides is 1. The van der Waals surface area contributed by atoms with Crippen molar-refractivity contribution >= 4 is 21.8 Å². The minimum Gasteiger partial charge on any atom is -0.439 e. The van der Waals surface area contributed by atoms with Gasteiger partial charge in [0.2, 0.25) is 5.88 Å². The molecule has 150 valence electrons. The van der Waals surface area contributed by atoms with Gasteiger partial charge in [-0.05, 0) is 43.8 Å². The maximum Gasteiger partial charge on any atom is 0.252 e. The number of nitrogens with one attached hydrogen (secondary N) is 1. The number of hydrogen-bond acceptors (Lipinski definition) is 5. The molecule has 0 aliphatic carbocycles. The number of halogens is 1. The van der Waals surface area contributed by atoms with E-state index in [4.69, 9.17) is 4.74 Å². The zero-order valence-corrected chi connectivity index (χ0v) is 17.8. The molecule has 6 nitrogen and oxygen atoms in total. The largest absolute Gasteiger partial charge is 0.439 e. The lowest BCUT2D eigenvalue weighted by atomic mass is 10.2. The summed E-state index contributed by atoms with van der Waals surface area (Å²) in [4.78, 5) is 21.4. The van der Waals surface area contributed by atoms with Gasteiger partial charge in [0, 0.05) is 49.5 Å². The van der Waals surface area contributed by atoms with Crippen LogP contribution in [-0.2, 0) is 0 Å². The fraction of sp³-hybridized carbons (Fsp3) is 0.429. The van der Waals surface area contributed by atoms with Crippen LogP contribution in [0.3, 0.4) is 0 Å². The second kappa shape index (κ2) is 10.5. The molecule has 1 amide bonds. The fourth-order valence-electron chi connectivity index (χ4n) is 3.16. The van der Waals surface area contributed by atoms with Crippen molar-refractivity contribution in [3.63, 3.8) is 0 Å². The van der Waals surface area contributed by atoms with Gasteiger partial charge in [0.25, 0.3) is 5.91 Å². The van der Waals surface area contributed by atoms with Crippen molar-refractivity contribution in [2.24, 2.45) is 0 Å². The van der Waals surface area contributed by atoms with Crippen LogP contribution in [0.2, 0.25) is 0 Å². The molecule has 2 aromatic rings. The van der Waals surface area contributed by atoms with Gasteiger partial charge in [-0.25, -0.2) is 4.98 Å². The number of ether oxygens (including phenoxy) is 1. The van der Waals surface area contributed by atoms with Gasteiger partial charge in [-0.15, -0.1) is 0 Å². The molecule has 1 aliphatic rings. The van der Waals surface area contributed by atoms with Crippen LogP contribution in [0.1, 0.15) is 23.7 Å². The average molecular weight is 447 g/mol. The molecule has 7 heteroatoms. The quantitative estimate of drug-likeness (QED) is 0.629. The molecule has 0 spiro atoms. The summed E-state index contributed by atoms with van der Waals surface area (Å²) < 4.78 is 6.63. The summed E-state index contributed by atoms with van der Waals surface area (Å²) in [7, 11) is 0. The molecule has 1 aromatic heterocycles. The van der Waals surface area contributed by atoms with Crippen LogP contribution in [0.4, 0.5) is 0 Å². The van der Waals surface area contributed by atoms with E-state index in [0.29, 0.717) is 23.7 Å². The van der Waals surface area contributed by atoms with E-state index >= 15 is 0 Å². The lowest BCUT2D eigenvalue weighted by Crippen LogP contribution is -2.46. The molecular formula is C21H27BrN4O2. The summed E-state index contributed by atoms with van der Waals surface area (Å²) in [6.45, 7) is 9.55. The molecule has 0 bridgehead atoms. The first-order chi connectivity index (χ1) is 13.6. The van der Waals surface area contributed by atoms with Gasteiger partial charge < -0.3 is 19.9 Å². The van der Waals surface area contributed by atoms with E-state index in [2.05, 4.69) is 43.0 Å². The topological polar surface area (TPSA) is 57.7 Å². The molecule has 1 aliphatic heterocycles. The van der Waals surface area contributed by atoms with Gasteiger partial charge in [0.1, 0.15) is 5.75 Å². The summed E-state index contributed by atoms with van der Waals surface area (Å²) >= 11 is 3.41. The van der Waals surface area contributed by atoms with Crippen molar-refractivity contribution in [3.05, 3.63) is 52.6 Å². The number of likely N-dealkylation sites (N-methyl/N-ethyl adjacent to an activating group) is 1. The first-order valence-electron chi connectivity index (χ1n) is 9.76. The Labute approximate surface area is 175 Å². The molecule has 1 aromatic carbocycles. The summed E-state index contributed by atoms with van der Waals surface area (Å²) in [6.07, 6.45) is 2.50. The molecule has 2 heterocycles. The van der Waals surface area contributed by atoms with Gasteiger partial charge in [-0.3, -0.25) is 4.79 Å². The minimum atomic E-state index is -0.0997. The predicted octanol–water partition coefficient (Wildman–Crippen LogP) is 3.39. The highest BCUT2D eigenvalue weighted by Gasteiger charge is 2.14. The Morgan fingerprint density at radius 3 is 2.64 bits per heavy atom. The Kier molecular flexibility index (Phi) is 7.82. The lowest BCUT2D eigenvalue weighted by molar-refractivity contribution is 0.0948. The maximum absolute atomic E-state index is 12.3. The minimum absolute atomic E-state index is 0.0997. The molecule has 0 unspecified atom stereocenters. The molecule has 1 N–H and O–H groups in total. The Bertz CT molecular complexity index is 761. The number of rotatable bonds is 8. The number of pyridine rings is 1. The van der Waals surface area contributed by atoms with Crippen molar-refractivity contribution in [3.8, 4) is 11.6 Å². The van der Waals surface area contributed by atoms with Crippen molar-refractivity contribution in [2.45, 2.75) is 13.3 Å². The smallest absolute Gasteiger partial charge is 0.252 e. The van der Waals surface area contributed by atoms with Crippen molar-refractivity contribution in [2.75, 3.05) is 45.8 Å². The normalized spacial score (nSPS) is 15.4. The molecule has 1 saturated heterocycles. The summed E-state index contributed by atoms with van der Waals surface area (Å²) in [5.41, 5.74) is 0.540. The van der Waals surface area contributed by atoms with E-state index < -0.39 is 0 Å². The zero-order chi connectivity index (χ0) is 19.8. The standard InChI is InChI=1S/C21H27BrN4O2/c1-2-25-11-13-26(14-12-25)10-4-9-23-21(27)17-7-8-20(24-16-17)28-19-6-3-5-18(22)15-19/h3,5-8,15-16H,2,4,9-14H2,1H3,(H,23,27). The molecule has 3 rings (SSSR count). The molecule has 0 saturated carbocycles. The molecule has 0 atom stereocenters. The number of hydrogen-bond donors (Lipinski definition) is 1. The zero-order valence-electron chi connectivity index (χ0n) is 16.2. The molecule has 0 radical (unpaired) electrons. The van der Waals surface area contributed by atoms with Crippen LogP contribution < -0.4 is 10.1 Å². The number of nitrogens with zero attached hydrogens (tertiary/aromatic N) is 3. The van der Waals surface area contributed by atoms with Crippen molar-refractivity contribution in [1.29, 1.82) is 0 Å². The van der Waals surface area contributed by atoms with Gasteiger partial charge >= 0.3 is 0 Å². The predicted molar refractivity (Wildman–Crippen MR) is 114 cm³/mol. The number of piperazine rings is 1. The second-order valence-corrected chi connectivity index (χ2v) is 7.75. The monoisotopic (exact) mass is 446 g/mol. The van der Waals surface area contributed by atoms with Crippen LogP contribution >= 0.6 is 15.9 Å². The van der Waals surface area contributed by atoms with Crippen molar-refractivity contribution < 1.29 is 9.53 Å². The van der Waals surface area contributed by atoms with Gasteiger partial charge in [-0.2, -0.15) is 0 Å². The SMILES string of the molecule is CCN1CCN(CCCNC(=O)c2ccc(Oc3cccc(Br)c3)nc2)CC1. The number of benzene rings is 1. The third-order valence-electron chi connectivity index (χ3n) is 4.87. The van der Waals surface area contributed by atoms with Crippen LogP contribution in [0.15, 0.2) is 47.1 Å². The molecular weight excluding hydrogens is 420 g/mol. The Hall–Kier alpha value is -1.96. The van der Waals surface area contributed by atoms with Crippen LogP contribution in [-0.4, -0.2) is 66.5 Å². The average Bonchev–Trinajstić information content (AvgIpc) is 2.72. The fourth-order valence-corrected chi connectivity index (χ4v) is 3.54. The number of aromatic nitrogens is 1. The second-order valence-electron chi connectivity index (χ2n) is 6.83. The van der Waals surface area contributed by atoms with E-state index in [-0.39, 0.29) is 5.91 Å². The summed E-state index contributed by atoms with van der Waals surface area (Å²) in [5, 5.41) is 2.97. The first kappa shape index (κ1) is 20.8. The lowest BCUT2D eigenvalue weighted by Gasteiger charge is -2.33. The highest BCUT2D eigenvalue weighted by Crippen LogP contribution is 2.22. The summed E-state index contributed by atoms with van der Waals surface area (Å²) in [5.74, 6) is 1.05. The van der Waals surface area contributed by atoms with Crippen LogP contribution in [0.5, 0.6) is 11.6 Å². The van der Waals surface area contributed by atoms with Gasteiger partial charge in [-0.1, -0.05) is 28.9 Å². The Balaban J connectivity index is 1.38. The van der Waals surface area contributed by atoms with Gasteiger partial charge in [0.05, 0.1) is 5.56 Å². The number of carbonyl (C=O) groups excluding carboxylic acids is 1. The molecule has 1 fully saturated rings. The summed E-state index contributed by atoms with van der Waals surface area (Å²) in [6, 6.07) is 11.0.